The Balaban J connectivity index is 2.07. The van der Waals surface area contributed by atoms with Crippen LogP contribution in [0.5, 0.6) is 0 Å². The molecule has 1 aliphatic carbocycles. The Kier molecular flexibility index (Phi) is 4.04. The Morgan fingerprint density at radius 1 is 1.26 bits per heavy atom. The summed E-state index contributed by atoms with van der Waals surface area (Å²) in [4.78, 5) is 23.0. The molecule has 0 radical (unpaired) electrons. The van der Waals surface area contributed by atoms with Crippen LogP contribution in [0.15, 0.2) is 18.2 Å². The molecule has 3 N–H and O–H groups in total. The lowest BCUT2D eigenvalue weighted by molar-refractivity contribution is 0.0697. The van der Waals surface area contributed by atoms with Gasteiger partial charge in [-0.25, -0.2) is 9.59 Å². The average Bonchev–Trinajstić information content (AvgIpc) is 2.81. The summed E-state index contributed by atoms with van der Waals surface area (Å²) in [6, 6.07) is 4.92. The highest BCUT2D eigenvalue weighted by Crippen LogP contribution is 2.20. The van der Waals surface area contributed by atoms with Crippen molar-refractivity contribution in [3.63, 3.8) is 0 Å². The van der Waals surface area contributed by atoms with Crippen molar-refractivity contribution in [1.29, 1.82) is 0 Å². The summed E-state index contributed by atoms with van der Waals surface area (Å²) in [5.74, 6) is -1.03. The number of anilines is 1. The van der Waals surface area contributed by atoms with E-state index in [1.807, 2.05) is 0 Å². The molecule has 19 heavy (non-hydrogen) atoms. The normalized spacial score (nSPS) is 15.2. The third-order valence-electron chi connectivity index (χ3n) is 3.43. The van der Waals surface area contributed by atoms with Gasteiger partial charge in [-0.05, 0) is 31.4 Å². The van der Waals surface area contributed by atoms with Crippen LogP contribution in [-0.4, -0.2) is 23.1 Å². The Labute approximate surface area is 112 Å². The van der Waals surface area contributed by atoms with Gasteiger partial charge in [-0.15, -0.1) is 0 Å². The monoisotopic (exact) mass is 262 g/mol. The van der Waals surface area contributed by atoms with Gasteiger partial charge in [0.25, 0.3) is 0 Å². The van der Waals surface area contributed by atoms with Gasteiger partial charge in [0, 0.05) is 6.04 Å². The summed E-state index contributed by atoms with van der Waals surface area (Å²) in [6.45, 7) is 1.71. The molecule has 0 unspecified atom stereocenters. The van der Waals surface area contributed by atoms with Crippen LogP contribution in [0, 0.1) is 6.92 Å². The summed E-state index contributed by atoms with van der Waals surface area (Å²) < 4.78 is 0. The van der Waals surface area contributed by atoms with E-state index in [4.69, 9.17) is 0 Å². The van der Waals surface area contributed by atoms with Crippen LogP contribution in [0.4, 0.5) is 10.5 Å². The van der Waals surface area contributed by atoms with Gasteiger partial charge in [0.1, 0.15) is 0 Å². The molecule has 0 aliphatic heterocycles. The number of rotatable bonds is 3. The van der Waals surface area contributed by atoms with E-state index in [0.717, 1.165) is 25.7 Å². The molecule has 0 heterocycles. The van der Waals surface area contributed by atoms with Crippen LogP contribution >= 0.6 is 0 Å². The van der Waals surface area contributed by atoms with Crippen molar-refractivity contribution >= 4 is 17.7 Å². The maximum Gasteiger partial charge on any atom is 0.338 e. The van der Waals surface area contributed by atoms with E-state index in [9.17, 15) is 14.7 Å². The number of aryl methyl sites for hydroxylation is 1. The predicted octanol–water partition coefficient (Wildman–Crippen LogP) is 2.76. The van der Waals surface area contributed by atoms with Gasteiger partial charge >= 0.3 is 12.0 Å². The first-order valence-electron chi connectivity index (χ1n) is 6.48. The smallest absolute Gasteiger partial charge is 0.338 e. The maximum absolute atomic E-state index is 11.8. The first kappa shape index (κ1) is 13.4. The van der Waals surface area contributed by atoms with Crippen LogP contribution in [0.2, 0.25) is 0 Å². The number of nitrogens with one attached hydrogen (secondary N) is 2. The SMILES string of the molecule is Cc1cccc(NC(=O)NC2CCCC2)c1C(=O)O. The van der Waals surface area contributed by atoms with Crippen molar-refractivity contribution in [1.82, 2.24) is 5.32 Å². The lowest BCUT2D eigenvalue weighted by Gasteiger charge is -2.14. The predicted molar refractivity (Wildman–Crippen MR) is 72.5 cm³/mol. The first-order chi connectivity index (χ1) is 9.08. The summed E-state index contributed by atoms with van der Waals surface area (Å²) >= 11 is 0. The van der Waals surface area contributed by atoms with Gasteiger partial charge in [-0.2, -0.15) is 0 Å². The number of hydrogen-bond donors (Lipinski definition) is 3. The first-order valence-corrected chi connectivity index (χ1v) is 6.48. The maximum atomic E-state index is 11.8. The third kappa shape index (κ3) is 3.24. The van der Waals surface area contributed by atoms with E-state index in [1.54, 1.807) is 25.1 Å². The van der Waals surface area contributed by atoms with Crippen LogP contribution in [0.25, 0.3) is 0 Å². The van der Waals surface area contributed by atoms with Crippen molar-refractivity contribution in [3.05, 3.63) is 29.3 Å². The van der Waals surface area contributed by atoms with Crippen molar-refractivity contribution in [2.45, 2.75) is 38.6 Å². The van der Waals surface area contributed by atoms with Gasteiger partial charge < -0.3 is 15.7 Å². The molecular weight excluding hydrogens is 244 g/mol. The molecule has 5 nitrogen and oxygen atoms in total. The fourth-order valence-electron chi connectivity index (χ4n) is 2.47. The highest BCUT2D eigenvalue weighted by molar-refractivity contribution is 6.01. The van der Waals surface area contributed by atoms with E-state index in [2.05, 4.69) is 10.6 Å². The largest absolute Gasteiger partial charge is 0.478 e. The van der Waals surface area contributed by atoms with Crippen LogP contribution in [0.1, 0.15) is 41.6 Å². The lowest BCUT2D eigenvalue weighted by Crippen LogP contribution is -2.36. The zero-order valence-electron chi connectivity index (χ0n) is 10.9. The van der Waals surface area contributed by atoms with Crippen LogP contribution in [0.3, 0.4) is 0 Å². The standard InChI is InChI=1S/C14H18N2O3/c1-9-5-4-8-11(12(9)13(17)18)16-14(19)15-10-6-2-3-7-10/h4-5,8,10H,2-3,6-7H2,1H3,(H,17,18)(H2,15,16,19). The van der Waals surface area contributed by atoms with Gasteiger partial charge in [0.05, 0.1) is 11.3 Å². The summed E-state index contributed by atoms with van der Waals surface area (Å²) in [5.41, 5.74) is 1.11. The fraction of sp³-hybridized carbons (Fsp3) is 0.429. The lowest BCUT2D eigenvalue weighted by atomic mass is 10.1. The highest BCUT2D eigenvalue weighted by Gasteiger charge is 2.19. The number of carboxylic acids is 1. The number of carboxylic acid groups (broad SMARTS) is 1. The molecule has 1 aromatic carbocycles. The number of carbonyl (C=O) groups is 2. The Bertz CT molecular complexity index is 493. The second-order valence-electron chi connectivity index (χ2n) is 4.88. The Morgan fingerprint density at radius 3 is 2.58 bits per heavy atom. The molecular formula is C14H18N2O3. The number of benzene rings is 1. The van der Waals surface area contributed by atoms with Gasteiger partial charge in [-0.3, -0.25) is 0 Å². The topological polar surface area (TPSA) is 78.4 Å². The van der Waals surface area contributed by atoms with Crippen molar-refractivity contribution in [2.24, 2.45) is 0 Å². The van der Waals surface area contributed by atoms with Crippen molar-refractivity contribution in [2.75, 3.05) is 5.32 Å². The minimum absolute atomic E-state index is 0.143. The van der Waals surface area contributed by atoms with Gasteiger partial charge in [0.2, 0.25) is 0 Å². The number of carbonyl (C=O) groups excluding carboxylic acids is 1. The minimum atomic E-state index is -1.03. The van der Waals surface area contributed by atoms with Crippen LogP contribution in [-0.2, 0) is 0 Å². The molecule has 0 atom stereocenters. The van der Waals surface area contributed by atoms with Crippen molar-refractivity contribution in [3.8, 4) is 0 Å². The zero-order valence-corrected chi connectivity index (χ0v) is 10.9. The molecule has 102 valence electrons. The third-order valence-corrected chi connectivity index (χ3v) is 3.43. The van der Waals surface area contributed by atoms with E-state index in [-0.39, 0.29) is 17.6 Å². The number of urea groups is 1. The quantitative estimate of drug-likeness (QED) is 0.783. The molecule has 0 bridgehead atoms. The Morgan fingerprint density at radius 2 is 1.95 bits per heavy atom. The summed E-state index contributed by atoms with van der Waals surface area (Å²) in [6.07, 6.45) is 4.26. The molecule has 1 aliphatic rings. The highest BCUT2D eigenvalue weighted by atomic mass is 16.4. The molecule has 1 saturated carbocycles. The average molecular weight is 262 g/mol. The second kappa shape index (κ2) is 5.73. The molecule has 0 saturated heterocycles. The molecule has 2 rings (SSSR count). The number of hydrogen-bond acceptors (Lipinski definition) is 2. The number of aromatic carboxylic acids is 1. The van der Waals surface area contributed by atoms with Gasteiger partial charge in [-0.1, -0.05) is 25.0 Å². The molecule has 0 aromatic heterocycles. The molecule has 5 heteroatoms. The number of amides is 2. The van der Waals surface area contributed by atoms with E-state index in [1.165, 1.54) is 0 Å². The van der Waals surface area contributed by atoms with Gasteiger partial charge in [0.15, 0.2) is 0 Å². The molecule has 2 amide bonds. The molecule has 1 aromatic rings. The second-order valence-corrected chi connectivity index (χ2v) is 4.88. The Hall–Kier alpha value is -2.04. The van der Waals surface area contributed by atoms with Crippen molar-refractivity contribution < 1.29 is 14.7 Å². The summed E-state index contributed by atoms with van der Waals surface area (Å²) in [7, 11) is 0. The van der Waals surface area contributed by atoms with E-state index in [0.29, 0.717) is 11.3 Å². The zero-order chi connectivity index (χ0) is 13.8. The van der Waals surface area contributed by atoms with Crippen LogP contribution < -0.4 is 10.6 Å². The molecule has 0 spiro atoms. The van der Waals surface area contributed by atoms with E-state index >= 15 is 0 Å². The molecule has 1 fully saturated rings. The minimum Gasteiger partial charge on any atom is -0.478 e. The fourth-order valence-corrected chi connectivity index (χ4v) is 2.47. The summed E-state index contributed by atoms with van der Waals surface area (Å²) in [5, 5.41) is 14.7. The van der Waals surface area contributed by atoms with E-state index < -0.39 is 5.97 Å².